The van der Waals surface area contributed by atoms with Crippen LogP contribution in [-0.4, -0.2) is 85.0 Å². The minimum atomic E-state index is -0.591. The molecule has 1 atom stereocenters. The first-order chi connectivity index (χ1) is 22.2. The fourth-order valence-electron chi connectivity index (χ4n) is 4.76. The van der Waals surface area contributed by atoms with E-state index < -0.39 is 11.0 Å². The van der Waals surface area contributed by atoms with Crippen molar-refractivity contribution < 1.29 is 24.0 Å². The molecule has 11 nitrogen and oxygen atoms in total. The molecule has 2 aliphatic heterocycles. The Labute approximate surface area is 276 Å². The van der Waals surface area contributed by atoms with E-state index in [2.05, 4.69) is 29.7 Å². The molecule has 0 radical (unpaired) electrons. The van der Waals surface area contributed by atoms with Gasteiger partial charge in [-0.1, -0.05) is 65.3 Å². The van der Waals surface area contributed by atoms with Crippen LogP contribution >= 0.6 is 0 Å². The highest BCUT2D eigenvalue weighted by Crippen LogP contribution is 2.35. The molecule has 1 aromatic carbocycles. The molecular weight excluding hydrogens is 586 g/mol. The number of non-ortho nitro benzene ring substituents is 1. The number of carbonyl (C=O) groups is 2. The lowest BCUT2D eigenvalue weighted by Gasteiger charge is -2.38. The first-order valence-corrected chi connectivity index (χ1v) is 16.4. The molecule has 3 rings (SSSR count). The Morgan fingerprint density at radius 2 is 1.78 bits per heavy atom. The van der Waals surface area contributed by atoms with E-state index in [1.807, 2.05) is 61.5 Å². The third kappa shape index (κ3) is 12.8. The fourth-order valence-corrected chi connectivity index (χ4v) is 4.76. The van der Waals surface area contributed by atoms with Crippen LogP contribution in [0.5, 0.6) is 0 Å². The van der Waals surface area contributed by atoms with Crippen LogP contribution in [0.4, 0.5) is 10.5 Å². The fraction of sp³-hybridized carbons (Fsp3) is 0.571. The number of carbonyl (C=O) groups excluding carboxylic acids is 2. The first kappa shape index (κ1) is 42.0. The van der Waals surface area contributed by atoms with Crippen molar-refractivity contribution in [3.05, 3.63) is 75.1 Å². The van der Waals surface area contributed by atoms with Gasteiger partial charge in [-0.25, -0.2) is 9.79 Å². The van der Waals surface area contributed by atoms with E-state index in [0.717, 1.165) is 31.4 Å². The molecule has 0 bridgehead atoms. The number of nitro groups is 1. The quantitative estimate of drug-likeness (QED) is 0.104. The number of rotatable bonds is 11. The SMILES string of the molecule is C/C=C\C(=C/CC)N1CCCN(CCCN2C(OC)=NC(C)=C(C=O)C2c2cccc([N+](=O)[O-])c2)C1=O.CC.CCC.CCOC. The summed E-state index contributed by atoms with van der Waals surface area (Å²) in [7, 11) is 3.18. The number of aldehydes is 1. The van der Waals surface area contributed by atoms with Crippen molar-refractivity contribution in [2.75, 3.05) is 47.0 Å². The monoisotopic (exact) mass is 643 g/mol. The molecule has 2 amide bonds. The van der Waals surface area contributed by atoms with Gasteiger partial charge in [0.05, 0.1) is 23.8 Å². The molecule has 46 heavy (non-hydrogen) atoms. The van der Waals surface area contributed by atoms with Gasteiger partial charge in [-0.2, -0.15) is 0 Å². The number of urea groups is 1. The van der Waals surface area contributed by atoms with E-state index in [0.29, 0.717) is 55.5 Å². The molecule has 1 saturated heterocycles. The number of amidine groups is 1. The Kier molecular flexibility index (Phi) is 22.2. The first-order valence-electron chi connectivity index (χ1n) is 16.4. The van der Waals surface area contributed by atoms with Crippen molar-refractivity contribution >= 4 is 24.0 Å². The number of aliphatic imine (C=N–C) groups is 1. The van der Waals surface area contributed by atoms with Gasteiger partial charge >= 0.3 is 6.03 Å². The number of amides is 2. The molecule has 1 aromatic rings. The van der Waals surface area contributed by atoms with Gasteiger partial charge in [0, 0.05) is 63.3 Å². The summed E-state index contributed by atoms with van der Waals surface area (Å²) in [6.07, 6.45) is 10.2. The van der Waals surface area contributed by atoms with Gasteiger partial charge in [-0.15, -0.1) is 0 Å². The molecule has 0 aliphatic carbocycles. The zero-order chi connectivity index (χ0) is 35.1. The lowest BCUT2D eigenvalue weighted by atomic mass is 9.94. The van der Waals surface area contributed by atoms with Crippen LogP contribution in [-0.2, 0) is 14.3 Å². The van der Waals surface area contributed by atoms with E-state index in [1.54, 1.807) is 26.2 Å². The summed E-state index contributed by atoms with van der Waals surface area (Å²) in [5.41, 5.74) is 2.37. The van der Waals surface area contributed by atoms with Gasteiger partial charge in [0.1, 0.15) is 6.29 Å². The summed E-state index contributed by atoms with van der Waals surface area (Å²) in [5, 5.41) is 11.4. The third-order valence-corrected chi connectivity index (χ3v) is 6.73. The Morgan fingerprint density at radius 1 is 1.13 bits per heavy atom. The van der Waals surface area contributed by atoms with E-state index in [-0.39, 0.29) is 11.7 Å². The molecule has 2 aliphatic rings. The van der Waals surface area contributed by atoms with Crippen molar-refractivity contribution in [2.45, 2.75) is 87.1 Å². The molecule has 0 saturated carbocycles. The highest BCUT2D eigenvalue weighted by atomic mass is 16.6. The second kappa shape index (κ2) is 24.3. The Bertz CT molecular complexity index is 1190. The number of benzene rings is 1. The van der Waals surface area contributed by atoms with E-state index >= 15 is 0 Å². The summed E-state index contributed by atoms with van der Waals surface area (Å²) >= 11 is 0. The number of nitrogens with zero attached hydrogens (tertiary/aromatic N) is 5. The maximum Gasteiger partial charge on any atom is 0.324 e. The molecule has 11 heteroatoms. The zero-order valence-electron chi connectivity index (χ0n) is 29.7. The summed E-state index contributed by atoms with van der Waals surface area (Å²) in [6.45, 7) is 19.0. The summed E-state index contributed by atoms with van der Waals surface area (Å²) < 4.78 is 10.1. The van der Waals surface area contributed by atoms with E-state index in [1.165, 1.54) is 25.7 Å². The highest BCUT2D eigenvalue weighted by molar-refractivity contribution is 5.85. The maximum atomic E-state index is 13.2. The van der Waals surface area contributed by atoms with Crippen LogP contribution in [0.15, 0.2) is 64.5 Å². The predicted molar refractivity (Wildman–Crippen MR) is 187 cm³/mol. The number of hydrogen-bond acceptors (Lipinski definition) is 8. The average Bonchev–Trinajstić information content (AvgIpc) is 3.07. The molecule has 0 spiro atoms. The zero-order valence-corrected chi connectivity index (χ0v) is 29.7. The van der Waals surface area contributed by atoms with Crippen LogP contribution in [0.3, 0.4) is 0 Å². The minimum Gasteiger partial charge on any atom is -0.468 e. The van der Waals surface area contributed by atoms with Crippen LogP contribution in [0, 0.1) is 10.1 Å². The van der Waals surface area contributed by atoms with Gasteiger partial charge in [-0.05, 0) is 51.7 Å². The van der Waals surface area contributed by atoms with Crippen LogP contribution in [0.2, 0.25) is 0 Å². The molecular formula is C35H57N5O6. The smallest absolute Gasteiger partial charge is 0.324 e. The normalized spacial score (nSPS) is 16.4. The molecule has 1 unspecified atom stereocenters. The molecule has 2 heterocycles. The van der Waals surface area contributed by atoms with Crippen molar-refractivity contribution in [2.24, 2.45) is 4.99 Å². The Balaban J connectivity index is 0.00000201. The number of hydrogen-bond donors (Lipinski definition) is 0. The van der Waals surface area contributed by atoms with Crippen LogP contribution in [0.25, 0.3) is 0 Å². The maximum absolute atomic E-state index is 13.2. The van der Waals surface area contributed by atoms with Crippen molar-refractivity contribution in [3.63, 3.8) is 0 Å². The predicted octanol–water partition coefficient (Wildman–Crippen LogP) is 7.91. The topological polar surface area (TPSA) is 118 Å². The lowest BCUT2D eigenvalue weighted by molar-refractivity contribution is -0.384. The number of allylic oxidation sites excluding steroid dienone is 4. The summed E-state index contributed by atoms with van der Waals surface area (Å²) in [5.74, 6) is 0. The van der Waals surface area contributed by atoms with Gasteiger partial charge in [0.2, 0.25) is 0 Å². The number of nitro benzene ring substituents is 1. The third-order valence-electron chi connectivity index (χ3n) is 6.73. The minimum absolute atomic E-state index is 0.0251. The van der Waals surface area contributed by atoms with Crippen molar-refractivity contribution in [1.82, 2.24) is 14.7 Å². The standard InChI is InChI=1S/C27H35N5O5.C3H8O.C3H8.C2H6/c1-5-10-22(11-6-2)30-16-8-14-29(27(30)34)15-9-17-31-25(21-12-7-13-23(18-21)32(35)36)24(19-33)20(3)28-26(31)37-4;1-3-4-2;1-3-2;1-2/h5,7,10-13,18-19,25H,6,8-9,14-17H2,1-4H3;3H2,1-2H3;3H2,1-2H3;1-2H3/b10-5-,22-11+;;;. The van der Waals surface area contributed by atoms with E-state index in [9.17, 15) is 19.7 Å². The second-order valence-electron chi connectivity index (χ2n) is 10.2. The Morgan fingerprint density at radius 3 is 2.30 bits per heavy atom. The largest absolute Gasteiger partial charge is 0.468 e. The van der Waals surface area contributed by atoms with Gasteiger partial charge in [0.15, 0.2) is 0 Å². The highest BCUT2D eigenvalue weighted by Gasteiger charge is 2.34. The summed E-state index contributed by atoms with van der Waals surface area (Å²) in [4.78, 5) is 46.2. The summed E-state index contributed by atoms with van der Waals surface area (Å²) in [6, 6.07) is 5.97. The Hall–Kier alpha value is -3.99. The van der Waals surface area contributed by atoms with Crippen molar-refractivity contribution in [1.29, 1.82) is 0 Å². The molecule has 0 N–H and O–H groups in total. The molecule has 0 aromatic heterocycles. The average molecular weight is 644 g/mol. The van der Waals surface area contributed by atoms with Crippen LogP contribution < -0.4 is 0 Å². The number of ether oxygens (including phenoxy) is 2. The lowest BCUT2D eigenvalue weighted by Crippen LogP contribution is -2.49. The van der Waals surface area contributed by atoms with Gasteiger partial charge in [-0.3, -0.25) is 19.8 Å². The van der Waals surface area contributed by atoms with Gasteiger partial charge in [0.25, 0.3) is 11.7 Å². The van der Waals surface area contributed by atoms with Crippen LogP contribution in [0.1, 0.15) is 92.7 Å². The number of methoxy groups -OCH3 is 2. The van der Waals surface area contributed by atoms with Gasteiger partial charge < -0.3 is 19.3 Å². The molecule has 1 fully saturated rings. The molecule has 258 valence electrons. The van der Waals surface area contributed by atoms with Crippen molar-refractivity contribution in [3.8, 4) is 0 Å². The van der Waals surface area contributed by atoms with E-state index in [4.69, 9.17) is 4.74 Å². The second-order valence-corrected chi connectivity index (χ2v) is 10.2.